The van der Waals surface area contributed by atoms with Gasteiger partial charge in [0.05, 0.1) is 17.2 Å². The normalized spacial score (nSPS) is 10.8. The summed E-state index contributed by atoms with van der Waals surface area (Å²) in [5.41, 5.74) is 6.81. The van der Waals surface area contributed by atoms with Crippen molar-refractivity contribution in [2.45, 2.75) is 20.8 Å². The molecule has 3 N–H and O–H groups in total. The molecule has 0 fully saturated rings. The van der Waals surface area contributed by atoms with Crippen molar-refractivity contribution < 1.29 is 9.90 Å². The van der Waals surface area contributed by atoms with Crippen LogP contribution in [-0.4, -0.2) is 21.1 Å². The van der Waals surface area contributed by atoms with Gasteiger partial charge in [0, 0.05) is 5.69 Å². The lowest BCUT2D eigenvalue weighted by molar-refractivity contribution is 0.262. The molecule has 0 saturated heterocycles. The Bertz CT molecular complexity index is 1230. The molecule has 0 radical (unpaired) electrons. The van der Waals surface area contributed by atoms with Crippen LogP contribution in [0.5, 0.6) is 5.75 Å². The van der Waals surface area contributed by atoms with Crippen molar-refractivity contribution in [2.75, 3.05) is 10.6 Å². The number of carbonyl (C=O) groups excluding carboxylic acids is 1. The predicted molar refractivity (Wildman–Crippen MR) is 120 cm³/mol. The molecule has 0 unspecified atom stereocenters. The van der Waals surface area contributed by atoms with Crippen LogP contribution in [-0.2, 0) is 0 Å². The number of fused-ring (bicyclic) bond motifs is 1. The van der Waals surface area contributed by atoms with E-state index in [4.69, 9.17) is 0 Å². The van der Waals surface area contributed by atoms with Gasteiger partial charge in [-0.15, -0.1) is 0 Å². The lowest BCUT2D eigenvalue weighted by atomic mass is 9.99. The first-order chi connectivity index (χ1) is 14.4. The summed E-state index contributed by atoms with van der Waals surface area (Å²) in [5.74, 6) is 0.674. The maximum Gasteiger partial charge on any atom is 0.324 e. The molecule has 0 aliphatic heterocycles. The van der Waals surface area contributed by atoms with Crippen LogP contribution in [0, 0.1) is 20.8 Å². The van der Waals surface area contributed by atoms with Crippen molar-refractivity contribution in [3.8, 4) is 16.9 Å². The fourth-order valence-electron chi connectivity index (χ4n) is 3.29. The summed E-state index contributed by atoms with van der Waals surface area (Å²) in [4.78, 5) is 21.2. The smallest absolute Gasteiger partial charge is 0.324 e. The number of aryl methyl sites for hydroxylation is 3. The maximum atomic E-state index is 12.3. The second-order valence-corrected chi connectivity index (χ2v) is 7.36. The summed E-state index contributed by atoms with van der Waals surface area (Å²) in [6.07, 6.45) is 1.53. The second-order valence-electron chi connectivity index (χ2n) is 7.36. The highest BCUT2D eigenvalue weighted by molar-refractivity contribution is 5.99. The second kappa shape index (κ2) is 7.83. The topological polar surface area (TPSA) is 87.1 Å². The number of anilines is 2. The van der Waals surface area contributed by atoms with Crippen LogP contribution in [0.4, 0.5) is 16.3 Å². The highest BCUT2D eigenvalue weighted by Gasteiger charge is 2.09. The minimum atomic E-state index is -0.381. The zero-order chi connectivity index (χ0) is 21.3. The van der Waals surface area contributed by atoms with E-state index in [0.29, 0.717) is 22.8 Å². The average Bonchev–Trinajstić information content (AvgIpc) is 2.72. The Morgan fingerprint density at radius 1 is 0.833 bits per heavy atom. The molecule has 0 aliphatic rings. The first kappa shape index (κ1) is 19.4. The van der Waals surface area contributed by atoms with Gasteiger partial charge in [-0.1, -0.05) is 23.8 Å². The zero-order valence-corrected chi connectivity index (χ0v) is 17.0. The van der Waals surface area contributed by atoms with Crippen molar-refractivity contribution in [1.29, 1.82) is 0 Å². The summed E-state index contributed by atoms with van der Waals surface area (Å²) < 4.78 is 0. The van der Waals surface area contributed by atoms with E-state index in [1.807, 2.05) is 75.4 Å². The first-order valence-electron chi connectivity index (χ1n) is 9.61. The minimum Gasteiger partial charge on any atom is -0.507 e. The number of hydrogen-bond acceptors (Lipinski definition) is 4. The molecule has 3 aromatic carbocycles. The molecular formula is C24H22N4O2. The van der Waals surface area contributed by atoms with Crippen molar-refractivity contribution in [3.63, 3.8) is 0 Å². The molecule has 1 aromatic heterocycles. The number of aromatic hydroxyl groups is 1. The van der Waals surface area contributed by atoms with E-state index in [1.165, 1.54) is 6.20 Å². The molecule has 30 heavy (non-hydrogen) atoms. The monoisotopic (exact) mass is 398 g/mol. The Labute approximate surface area is 174 Å². The molecule has 0 bridgehead atoms. The van der Waals surface area contributed by atoms with Gasteiger partial charge in [0.15, 0.2) is 5.82 Å². The predicted octanol–water partition coefficient (Wildman–Crippen LogP) is 5.57. The quantitative estimate of drug-likeness (QED) is 0.421. The van der Waals surface area contributed by atoms with E-state index >= 15 is 0 Å². The van der Waals surface area contributed by atoms with Crippen LogP contribution >= 0.6 is 0 Å². The van der Waals surface area contributed by atoms with Crippen LogP contribution in [0.1, 0.15) is 16.7 Å². The van der Waals surface area contributed by atoms with Gasteiger partial charge in [-0.3, -0.25) is 10.3 Å². The van der Waals surface area contributed by atoms with Crippen molar-refractivity contribution in [2.24, 2.45) is 0 Å². The van der Waals surface area contributed by atoms with Crippen LogP contribution in [0.15, 0.2) is 60.8 Å². The highest BCUT2D eigenvalue weighted by atomic mass is 16.3. The molecule has 6 nitrogen and oxygen atoms in total. The van der Waals surface area contributed by atoms with Crippen LogP contribution < -0.4 is 10.6 Å². The number of amides is 2. The molecule has 150 valence electrons. The van der Waals surface area contributed by atoms with E-state index in [-0.39, 0.29) is 6.03 Å². The number of urea groups is 1. The summed E-state index contributed by atoms with van der Waals surface area (Å²) in [6, 6.07) is 16.8. The van der Waals surface area contributed by atoms with Gasteiger partial charge in [0.2, 0.25) is 0 Å². The number of phenolic OH excluding ortho intramolecular Hbond substituents is 1. The van der Waals surface area contributed by atoms with E-state index in [2.05, 4.69) is 20.6 Å². The van der Waals surface area contributed by atoms with E-state index < -0.39 is 0 Å². The van der Waals surface area contributed by atoms with Crippen LogP contribution in [0.25, 0.3) is 22.2 Å². The summed E-state index contributed by atoms with van der Waals surface area (Å²) in [5, 5.41) is 15.5. The third-order valence-electron chi connectivity index (χ3n) is 4.92. The lowest BCUT2D eigenvalue weighted by Gasteiger charge is -2.10. The molecule has 4 rings (SSSR count). The largest absolute Gasteiger partial charge is 0.507 e. The van der Waals surface area contributed by atoms with Crippen LogP contribution in [0.2, 0.25) is 0 Å². The van der Waals surface area contributed by atoms with Gasteiger partial charge in [-0.05, 0) is 79.4 Å². The molecular weight excluding hydrogens is 376 g/mol. The Morgan fingerprint density at radius 3 is 2.23 bits per heavy atom. The molecule has 0 atom stereocenters. The Balaban J connectivity index is 1.58. The molecule has 4 aromatic rings. The van der Waals surface area contributed by atoms with Crippen LogP contribution in [0.3, 0.4) is 0 Å². The molecule has 0 aliphatic carbocycles. The fourth-order valence-corrected chi connectivity index (χ4v) is 3.29. The Kier molecular flexibility index (Phi) is 5.06. The third-order valence-corrected chi connectivity index (χ3v) is 4.92. The van der Waals surface area contributed by atoms with E-state index in [9.17, 15) is 9.90 Å². The number of nitrogens with zero attached hydrogens (tertiary/aromatic N) is 2. The SMILES string of the molecule is Cc1ccc(NC(=O)Nc2cnc3ccc(-c4cc(C)c(O)c(C)c4)cc3n2)cc1. The zero-order valence-electron chi connectivity index (χ0n) is 17.0. The number of phenols is 1. The molecule has 1 heterocycles. The lowest BCUT2D eigenvalue weighted by Crippen LogP contribution is -2.20. The number of carbonyl (C=O) groups is 1. The van der Waals surface area contributed by atoms with E-state index in [0.717, 1.165) is 33.3 Å². The number of aromatic nitrogens is 2. The first-order valence-corrected chi connectivity index (χ1v) is 9.61. The number of hydrogen-bond donors (Lipinski definition) is 3. The summed E-state index contributed by atoms with van der Waals surface area (Å²) in [7, 11) is 0. The van der Waals surface area contributed by atoms with E-state index in [1.54, 1.807) is 0 Å². The number of nitrogens with one attached hydrogen (secondary N) is 2. The van der Waals surface area contributed by atoms with Crippen molar-refractivity contribution in [1.82, 2.24) is 9.97 Å². The molecule has 0 spiro atoms. The fraction of sp³-hybridized carbons (Fsp3) is 0.125. The van der Waals surface area contributed by atoms with Gasteiger partial charge in [0.25, 0.3) is 0 Å². The number of rotatable bonds is 3. The van der Waals surface area contributed by atoms with Gasteiger partial charge >= 0.3 is 6.03 Å². The molecule has 2 amide bonds. The van der Waals surface area contributed by atoms with Crippen molar-refractivity contribution in [3.05, 3.63) is 77.5 Å². The third kappa shape index (κ3) is 4.07. The van der Waals surface area contributed by atoms with Crippen molar-refractivity contribution >= 4 is 28.6 Å². The Hall–Kier alpha value is -3.93. The molecule has 0 saturated carbocycles. The Morgan fingerprint density at radius 2 is 1.53 bits per heavy atom. The maximum absolute atomic E-state index is 12.3. The van der Waals surface area contributed by atoms with Gasteiger partial charge in [-0.25, -0.2) is 9.78 Å². The summed E-state index contributed by atoms with van der Waals surface area (Å²) in [6.45, 7) is 5.74. The highest BCUT2D eigenvalue weighted by Crippen LogP contribution is 2.30. The van der Waals surface area contributed by atoms with Gasteiger partial charge in [0.1, 0.15) is 5.75 Å². The van der Waals surface area contributed by atoms with Gasteiger partial charge < -0.3 is 10.4 Å². The average molecular weight is 398 g/mol. The number of benzene rings is 3. The standard InChI is InChI=1S/C24H22N4O2/c1-14-4-7-19(8-5-14)26-24(30)28-22-13-25-20-9-6-17(12-21(20)27-22)18-10-15(2)23(29)16(3)11-18/h4-13,29H,1-3H3,(H2,26,27,28,30). The minimum absolute atomic E-state index is 0.311. The summed E-state index contributed by atoms with van der Waals surface area (Å²) >= 11 is 0. The van der Waals surface area contributed by atoms with Gasteiger partial charge in [-0.2, -0.15) is 0 Å². The molecule has 6 heteroatoms.